The van der Waals surface area contributed by atoms with Crippen LogP contribution in [-0.4, -0.2) is 28.5 Å². The van der Waals surface area contributed by atoms with Crippen molar-refractivity contribution < 1.29 is 9.18 Å². The maximum absolute atomic E-state index is 14.9. The smallest absolute Gasteiger partial charge is 0.319 e. The fourth-order valence-corrected chi connectivity index (χ4v) is 4.83. The summed E-state index contributed by atoms with van der Waals surface area (Å²) in [6, 6.07) is 11.2. The molecular formula is C24H25ClFN5O2S. The van der Waals surface area contributed by atoms with Crippen LogP contribution < -0.4 is 20.9 Å². The Balaban J connectivity index is 1.46. The summed E-state index contributed by atoms with van der Waals surface area (Å²) in [6.45, 7) is 2.66. The molecule has 7 nitrogen and oxygen atoms in total. The lowest BCUT2D eigenvalue weighted by molar-refractivity contribution is 0.246. The lowest BCUT2D eigenvalue weighted by atomic mass is 9.85. The predicted molar refractivity (Wildman–Crippen MR) is 135 cm³/mol. The van der Waals surface area contributed by atoms with E-state index in [2.05, 4.69) is 25.6 Å². The minimum Gasteiger partial charge on any atom is -0.335 e. The van der Waals surface area contributed by atoms with Gasteiger partial charge in [-0.3, -0.25) is 9.52 Å². The average molecular weight is 502 g/mol. The molecule has 3 aromatic rings. The third-order valence-electron chi connectivity index (χ3n) is 5.79. The Hall–Kier alpha value is -2.88. The largest absolute Gasteiger partial charge is 0.335 e. The van der Waals surface area contributed by atoms with Crippen LogP contribution in [0, 0.1) is 5.82 Å². The van der Waals surface area contributed by atoms with Gasteiger partial charge in [-0.15, -0.1) is 0 Å². The topological polar surface area (TPSA) is 98.9 Å². The first-order valence-electron chi connectivity index (χ1n) is 10.8. The van der Waals surface area contributed by atoms with Crippen LogP contribution in [0.5, 0.6) is 0 Å². The zero-order chi connectivity index (χ0) is 24.2. The second-order valence-corrected chi connectivity index (χ2v) is 9.42. The van der Waals surface area contributed by atoms with E-state index < -0.39 is 11.8 Å². The van der Waals surface area contributed by atoms with Crippen molar-refractivity contribution in [3.8, 4) is 11.1 Å². The van der Waals surface area contributed by atoms with Crippen LogP contribution in [0.4, 0.5) is 14.9 Å². The molecule has 34 heavy (non-hydrogen) atoms. The van der Waals surface area contributed by atoms with Crippen molar-refractivity contribution in [2.24, 2.45) is 0 Å². The maximum Gasteiger partial charge on any atom is 0.319 e. The minimum atomic E-state index is -0.583. The minimum absolute atomic E-state index is 0.00572. The number of nitrogens with zero attached hydrogens (tertiary/aromatic N) is 1. The van der Waals surface area contributed by atoms with Crippen LogP contribution >= 0.6 is 23.5 Å². The molecule has 0 saturated heterocycles. The molecule has 0 aliphatic heterocycles. The molecular weight excluding hydrogens is 477 g/mol. The molecule has 4 N–H and O–H groups in total. The van der Waals surface area contributed by atoms with E-state index in [0.717, 1.165) is 22.4 Å². The fraction of sp³-hybridized carbons (Fsp3) is 0.292. The average Bonchev–Trinajstić information content (AvgIpc) is 2.79. The normalized spacial score (nSPS) is 17.2. The summed E-state index contributed by atoms with van der Waals surface area (Å²) in [6.07, 6.45) is 3.08. The van der Waals surface area contributed by atoms with Gasteiger partial charge in [0.05, 0.1) is 16.4 Å². The van der Waals surface area contributed by atoms with Crippen molar-refractivity contribution in [3.05, 3.63) is 80.5 Å². The van der Waals surface area contributed by atoms with Crippen LogP contribution in [0.2, 0.25) is 5.02 Å². The van der Waals surface area contributed by atoms with Gasteiger partial charge < -0.3 is 10.6 Å². The van der Waals surface area contributed by atoms with Gasteiger partial charge in [0.2, 0.25) is 0 Å². The van der Waals surface area contributed by atoms with Crippen LogP contribution in [0.3, 0.4) is 0 Å². The number of rotatable bonds is 6. The number of benzene rings is 2. The number of aromatic nitrogens is 2. The van der Waals surface area contributed by atoms with Gasteiger partial charge in [0, 0.05) is 30.1 Å². The second-order valence-electron chi connectivity index (χ2n) is 8.32. The number of aromatic amines is 1. The quantitative estimate of drug-likeness (QED) is 0.362. The molecule has 2 atom stereocenters. The number of nitrogens with one attached hydrogen (secondary N) is 4. The Morgan fingerprint density at radius 1 is 1.29 bits per heavy atom. The number of fused-ring (bicyclic) bond motifs is 1. The number of carbonyl (C=O) groups excluding carboxylic acids is 1. The Morgan fingerprint density at radius 2 is 2.12 bits per heavy atom. The molecule has 4 rings (SSSR count). The van der Waals surface area contributed by atoms with Crippen molar-refractivity contribution in [1.82, 2.24) is 20.2 Å². The summed E-state index contributed by atoms with van der Waals surface area (Å²) in [4.78, 5) is 24.2. The molecule has 2 amide bonds. The number of hydrogen-bond acceptors (Lipinski definition) is 5. The van der Waals surface area contributed by atoms with E-state index in [1.807, 2.05) is 37.4 Å². The monoisotopic (exact) mass is 501 g/mol. The SMILES string of the molecule is CSNCc1cccc(-c2cc(F)c(NC(=O)NC3Cc4cc(=O)[nH]nc4C(C)C3)cc2Cl)c1. The molecule has 2 aromatic carbocycles. The molecule has 0 fully saturated rings. The van der Waals surface area contributed by atoms with E-state index in [-0.39, 0.29) is 23.2 Å². The Kier molecular flexibility index (Phi) is 7.55. The summed E-state index contributed by atoms with van der Waals surface area (Å²) in [7, 11) is 0. The van der Waals surface area contributed by atoms with Gasteiger partial charge in [-0.25, -0.2) is 14.3 Å². The van der Waals surface area contributed by atoms with Gasteiger partial charge >= 0.3 is 6.03 Å². The van der Waals surface area contributed by atoms with Gasteiger partial charge in [0.15, 0.2) is 0 Å². The standard InChI is InChI=1S/C24H25ClFN5O2S/c1-13-6-17(8-16-9-22(32)30-31-23(13)16)28-24(33)29-21-11-19(25)18(10-20(21)26)15-5-3-4-14(7-15)12-27-34-2/h3-5,7,9-11,13,17,27H,6,8,12H2,1-2H3,(H,30,32)(H2,28,29,33). The number of urea groups is 1. The molecule has 0 saturated carbocycles. The summed E-state index contributed by atoms with van der Waals surface area (Å²) >= 11 is 7.98. The molecule has 0 bridgehead atoms. The van der Waals surface area contributed by atoms with E-state index in [0.29, 0.717) is 30.0 Å². The van der Waals surface area contributed by atoms with Crippen LogP contribution in [-0.2, 0) is 13.0 Å². The molecule has 1 aromatic heterocycles. The van der Waals surface area contributed by atoms with E-state index in [9.17, 15) is 14.0 Å². The van der Waals surface area contributed by atoms with E-state index >= 15 is 0 Å². The highest BCUT2D eigenvalue weighted by molar-refractivity contribution is 7.96. The van der Waals surface area contributed by atoms with Crippen LogP contribution in [0.25, 0.3) is 11.1 Å². The van der Waals surface area contributed by atoms with E-state index in [1.54, 1.807) is 0 Å². The van der Waals surface area contributed by atoms with Gasteiger partial charge in [-0.05, 0) is 54.0 Å². The Bertz CT molecular complexity index is 1270. The van der Waals surface area contributed by atoms with Gasteiger partial charge in [0.25, 0.3) is 5.56 Å². The molecule has 178 valence electrons. The number of amides is 2. The van der Waals surface area contributed by atoms with Gasteiger partial charge in [0.1, 0.15) is 5.82 Å². The lowest BCUT2D eigenvalue weighted by Crippen LogP contribution is -2.42. The highest BCUT2D eigenvalue weighted by Gasteiger charge is 2.27. The molecule has 1 aliphatic carbocycles. The van der Waals surface area contributed by atoms with Crippen molar-refractivity contribution in [2.75, 3.05) is 11.6 Å². The fourth-order valence-electron chi connectivity index (χ4n) is 4.25. The van der Waals surface area contributed by atoms with Crippen molar-refractivity contribution >= 4 is 35.3 Å². The van der Waals surface area contributed by atoms with Gasteiger partial charge in [-0.2, -0.15) is 5.10 Å². The first-order valence-corrected chi connectivity index (χ1v) is 12.4. The summed E-state index contributed by atoms with van der Waals surface area (Å²) < 4.78 is 18.1. The number of H-pyrrole nitrogens is 1. The van der Waals surface area contributed by atoms with Crippen molar-refractivity contribution in [1.29, 1.82) is 0 Å². The number of hydrogen-bond donors (Lipinski definition) is 4. The summed E-state index contributed by atoms with van der Waals surface area (Å²) in [5, 5.41) is 12.3. The molecule has 1 aliphatic rings. The second kappa shape index (κ2) is 10.6. The summed E-state index contributed by atoms with van der Waals surface area (Å²) in [5.41, 5.74) is 3.74. The first kappa shape index (κ1) is 24.3. The van der Waals surface area contributed by atoms with E-state index in [4.69, 9.17) is 11.6 Å². The third kappa shape index (κ3) is 5.60. The highest BCUT2D eigenvalue weighted by atomic mass is 35.5. The number of anilines is 1. The Labute approximate surface area is 206 Å². The zero-order valence-electron chi connectivity index (χ0n) is 18.7. The van der Waals surface area contributed by atoms with Crippen molar-refractivity contribution in [2.45, 2.75) is 38.3 Å². The molecule has 2 unspecified atom stereocenters. The maximum atomic E-state index is 14.9. The molecule has 1 heterocycles. The molecule has 10 heteroatoms. The predicted octanol–water partition coefficient (Wildman–Crippen LogP) is 4.84. The zero-order valence-corrected chi connectivity index (χ0v) is 20.3. The summed E-state index contributed by atoms with van der Waals surface area (Å²) in [5.74, 6) is -0.515. The molecule has 0 radical (unpaired) electrons. The first-order chi connectivity index (χ1) is 16.3. The van der Waals surface area contributed by atoms with Gasteiger partial charge in [-0.1, -0.05) is 48.7 Å². The Morgan fingerprint density at radius 3 is 2.91 bits per heavy atom. The lowest BCUT2D eigenvalue weighted by Gasteiger charge is -2.28. The third-order valence-corrected chi connectivity index (χ3v) is 6.54. The number of carbonyl (C=O) groups is 1. The molecule has 0 spiro atoms. The van der Waals surface area contributed by atoms with Crippen LogP contribution in [0.15, 0.2) is 47.3 Å². The highest BCUT2D eigenvalue weighted by Crippen LogP contribution is 2.33. The van der Waals surface area contributed by atoms with Crippen molar-refractivity contribution in [3.63, 3.8) is 0 Å². The van der Waals surface area contributed by atoms with E-state index in [1.165, 1.54) is 30.1 Å². The number of halogens is 2. The van der Waals surface area contributed by atoms with Crippen LogP contribution in [0.1, 0.15) is 36.1 Å².